The van der Waals surface area contributed by atoms with Crippen LogP contribution in [0.2, 0.25) is 0 Å². The zero-order valence-corrected chi connectivity index (χ0v) is 9.51. The summed E-state index contributed by atoms with van der Waals surface area (Å²) in [6.45, 7) is 0.242. The molecule has 0 amide bonds. The Morgan fingerprint density at radius 1 is 1.00 bits per heavy atom. The minimum atomic E-state index is -0.322. The van der Waals surface area contributed by atoms with Crippen LogP contribution in [0.15, 0.2) is 53.7 Å². The highest BCUT2D eigenvalue weighted by molar-refractivity contribution is 5.78. The fourth-order valence-electron chi connectivity index (χ4n) is 1.38. The fourth-order valence-corrected chi connectivity index (χ4v) is 1.38. The number of benzene rings is 2. The molecule has 2 aromatic carbocycles. The Hall–Kier alpha value is -2.23. The number of halogens is 2. The number of hydrogen-bond donors (Lipinski definition) is 0. The molecule has 0 radical (unpaired) electrons. The van der Waals surface area contributed by atoms with Gasteiger partial charge in [-0.15, -0.1) is 0 Å². The molecule has 0 atom stereocenters. The monoisotopic (exact) mass is 247 g/mol. The van der Waals surface area contributed by atoms with Crippen LogP contribution in [-0.4, -0.2) is 6.21 Å². The standard InChI is InChI=1S/C14H11F2NO/c15-13-6-4-11(5-7-13)10-18-17-9-12-2-1-3-14(16)8-12/h1-9H,10H2. The van der Waals surface area contributed by atoms with Gasteiger partial charge in [-0.1, -0.05) is 29.4 Å². The molecule has 0 N–H and O–H groups in total. The van der Waals surface area contributed by atoms with E-state index in [9.17, 15) is 8.78 Å². The summed E-state index contributed by atoms with van der Waals surface area (Å²) in [6, 6.07) is 12.0. The second-order valence-electron chi connectivity index (χ2n) is 3.69. The van der Waals surface area contributed by atoms with E-state index in [1.54, 1.807) is 24.3 Å². The van der Waals surface area contributed by atoms with E-state index in [2.05, 4.69) is 5.16 Å². The molecule has 18 heavy (non-hydrogen) atoms. The summed E-state index contributed by atoms with van der Waals surface area (Å²) in [6.07, 6.45) is 1.42. The third kappa shape index (κ3) is 3.66. The lowest BCUT2D eigenvalue weighted by atomic mass is 10.2. The van der Waals surface area contributed by atoms with Gasteiger partial charge in [0.25, 0.3) is 0 Å². The Labute approximate surface area is 104 Å². The molecule has 0 unspecified atom stereocenters. The number of oxime groups is 1. The van der Waals surface area contributed by atoms with Crippen LogP contribution in [0.1, 0.15) is 11.1 Å². The summed E-state index contributed by atoms with van der Waals surface area (Å²) in [7, 11) is 0. The second kappa shape index (κ2) is 5.91. The summed E-state index contributed by atoms with van der Waals surface area (Å²) in [4.78, 5) is 5.03. The quantitative estimate of drug-likeness (QED) is 0.598. The first kappa shape index (κ1) is 12.2. The van der Waals surface area contributed by atoms with Gasteiger partial charge in [0.05, 0.1) is 6.21 Å². The van der Waals surface area contributed by atoms with E-state index < -0.39 is 0 Å². The van der Waals surface area contributed by atoms with Crippen molar-refractivity contribution in [3.05, 3.63) is 71.3 Å². The van der Waals surface area contributed by atoms with E-state index in [1.165, 1.54) is 30.5 Å². The van der Waals surface area contributed by atoms with E-state index in [1.807, 2.05) is 0 Å². The van der Waals surface area contributed by atoms with Crippen LogP contribution >= 0.6 is 0 Å². The van der Waals surface area contributed by atoms with Crippen molar-refractivity contribution < 1.29 is 13.6 Å². The van der Waals surface area contributed by atoms with Gasteiger partial charge in [0.1, 0.15) is 18.2 Å². The molecule has 0 aliphatic heterocycles. The topological polar surface area (TPSA) is 21.6 Å². The summed E-state index contributed by atoms with van der Waals surface area (Å²) in [5.74, 6) is -0.612. The van der Waals surface area contributed by atoms with Crippen molar-refractivity contribution in [3.8, 4) is 0 Å². The van der Waals surface area contributed by atoms with Crippen molar-refractivity contribution in [2.24, 2.45) is 5.16 Å². The molecule has 0 aromatic heterocycles. The van der Waals surface area contributed by atoms with E-state index >= 15 is 0 Å². The maximum Gasteiger partial charge on any atom is 0.142 e. The van der Waals surface area contributed by atoms with E-state index in [-0.39, 0.29) is 18.2 Å². The number of rotatable bonds is 4. The van der Waals surface area contributed by atoms with Gasteiger partial charge in [-0.2, -0.15) is 0 Å². The van der Waals surface area contributed by atoms with E-state index in [0.717, 1.165) is 5.56 Å². The van der Waals surface area contributed by atoms with Crippen LogP contribution in [0.4, 0.5) is 8.78 Å². The van der Waals surface area contributed by atoms with Crippen LogP contribution in [0.5, 0.6) is 0 Å². The molecule has 2 aromatic rings. The predicted octanol–water partition coefficient (Wildman–Crippen LogP) is 3.52. The predicted molar refractivity (Wildman–Crippen MR) is 65.2 cm³/mol. The molecule has 2 rings (SSSR count). The number of nitrogens with zero attached hydrogens (tertiary/aromatic N) is 1. The molecule has 0 heterocycles. The first-order valence-electron chi connectivity index (χ1n) is 5.39. The normalized spacial score (nSPS) is 10.8. The van der Waals surface area contributed by atoms with Crippen LogP contribution < -0.4 is 0 Å². The van der Waals surface area contributed by atoms with Crippen LogP contribution in [0, 0.1) is 11.6 Å². The lowest BCUT2D eigenvalue weighted by Crippen LogP contribution is -1.89. The minimum absolute atomic E-state index is 0.242. The summed E-state index contributed by atoms with van der Waals surface area (Å²) < 4.78 is 25.5. The van der Waals surface area contributed by atoms with Gasteiger partial charge in [0.15, 0.2) is 0 Å². The molecule has 92 valence electrons. The molecule has 0 aliphatic rings. The van der Waals surface area contributed by atoms with Crippen molar-refractivity contribution >= 4 is 6.21 Å². The molecule has 0 aliphatic carbocycles. The van der Waals surface area contributed by atoms with Crippen molar-refractivity contribution in [1.29, 1.82) is 0 Å². The van der Waals surface area contributed by atoms with Gasteiger partial charge >= 0.3 is 0 Å². The Morgan fingerprint density at radius 2 is 1.78 bits per heavy atom. The van der Waals surface area contributed by atoms with E-state index in [4.69, 9.17) is 4.84 Å². The van der Waals surface area contributed by atoms with Gasteiger partial charge in [-0.25, -0.2) is 8.78 Å². The van der Waals surface area contributed by atoms with Crippen molar-refractivity contribution in [1.82, 2.24) is 0 Å². The SMILES string of the molecule is Fc1ccc(CON=Cc2cccc(F)c2)cc1. The molecule has 2 nitrogen and oxygen atoms in total. The molecule has 4 heteroatoms. The molecular formula is C14H11F2NO. The third-order valence-electron chi connectivity index (χ3n) is 2.27. The maximum atomic E-state index is 12.8. The summed E-state index contributed by atoms with van der Waals surface area (Å²) in [5.41, 5.74) is 1.43. The lowest BCUT2D eigenvalue weighted by molar-refractivity contribution is 0.132. The average Bonchev–Trinajstić information content (AvgIpc) is 2.37. The highest BCUT2D eigenvalue weighted by Crippen LogP contribution is 2.05. The Kier molecular flexibility index (Phi) is 4.02. The van der Waals surface area contributed by atoms with Gasteiger partial charge in [-0.3, -0.25) is 0 Å². The Bertz CT molecular complexity index is 538. The second-order valence-corrected chi connectivity index (χ2v) is 3.69. The van der Waals surface area contributed by atoms with E-state index in [0.29, 0.717) is 5.56 Å². The van der Waals surface area contributed by atoms with Crippen molar-refractivity contribution in [2.45, 2.75) is 6.61 Å². The van der Waals surface area contributed by atoms with Crippen LogP contribution in [0.3, 0.4) is 0 Å². The van der Waals surface area contributed by atoms with Gasteiger partial charge in [0, 0.05) is 0 Å². The Balaban J connectivity index is 1.87. The summed E-state index contributed by atoms with van der Waals surface area (Å²) >= 11 is 0. The van der Waals surface area contributed by atoms with Crippen LogP contribution in [-0.2, 0) is 11.4 Å². The molecular weight excluding hydrogens is 236 g/mol. The maximum absolute atomic E-state index is 12.8. The first-order chi connectivity index (χ1) is 8.74. The van der Waals surface area contributed by atoms with Crippen molar-refractivity contribution in [3.63, 3.8) is 0 Å². The largest absolute Gasteiger partial charge is 0.391 e. The smallest absolute Gasteiger partial charge is 0.142 e. The molecule has 0 bridgehead atoms. The zero-order chi connectivity index (χ0) is 12.8. The van der Waals surface area contributed by atoms with Gasteiger partial charge in [0.2, 0.25) is 0 Å². The van der Waals surface area contributed by atoms with Gasteiger partial charge < -0.3 is 4.84 Å². The Morgan fingerprint density at radius 3 is 2.50 bits per heavy atom. The molecule has 0 spiro atoms. The summed E-state index contributed by atoms with van der Waals surface area (Å²) in [5, 5.41) is 3.72. The minimum Gasteiger partial charge on any atom is -0.391 e. The molecule has 0 saturated heterocycles. The molecule has 0 fully saturated rings. The molecule has 0 saturated carbocycles. The highest BCUT2D eigenvalue weighted by Gasteiger charge is 1.94. The van der Waals surface area contributed by atoms with Gasteiger partial charge in [-0.05, 0) is 35.4 Å². The average molecular weight is 247 g/mol. The lowest BCUT2D eigenvalue weighted by Gasteiger charge is -1.99. The third-order valence-corrected chi connectivity index (χ3v) is 2.27. The zero-order valence-electron chi connectivity index (χ0n) is 9.51. The van der Waals surface area contributed by atoms with Crippen LogP contribution in [0.25, 0.3) is 0 Å². The first-order valence-corrected chi connectivity index (χ1v) is 5.39. The fraction of sp³-hybridized carbons (Fsp3) is 0.0714. The number of hydrogen-bond acceptors (Lipinski definition) is 2. The van der Waals surface area contributed by atoms with Crippen molar-refractivity contribution in [2.75, 3.05) is 0 Å². The highest BCUT2D eigenvalue weighted by atomic mass is 19.1.